The molecule has 2 aliphatic rings. The van der Waals surface area contributed by atoms with Gasteiger partial charge in [0.2, 0.25) is 5.91 Å². The zero-order chi connectivity index (χ0) is 13.3. The summed E-state index contributed by atoms with van der Waals surface area (Å²) < 4.78 is 23.4. The SMILES string of the molecule is CCCC1NC(C)C(=O)N1C1CCCS(=O)(=O)C1. The Labute approximate surface area is 109 Å². The van der Waals surface area contributed by atoms with Crippen molar-refractivity contribution in [3.8, 4) is 0 Å². The Morgan fingerprint density at radius 3 is 2.78 bits per heavy atom. The van der Waals surface area contributed by atoms with Crippen molar-refractivity contribution in [3.63, 3.8) is 0 Å². The van der Waals surface area contributed by atoms with Gasteiger partial charge < -0.3 is 4.90 Å². The molecule has 6 heteroatoms. The van der Waals surface area contributed by atoms with Gasteiger partial charge in [0.25, 0.3) is 0 Å². The van der Waals surface area contributed by atoms with Crippen LogP contribution >= 0.6 is 0 Å². The number of carbonyl (C=O) groups is 1. The number of rotatable bonds is 3. The summed E-state index contributed by atoms with van der Waals surface area (Å²) in [7, 11) is -2.97. The lowest BCUT2D eigenvalue weighted by Crippen LogP contribution is -2.49. The monoisotopic (exact) mass is 274 g/mol. The van der Waals surface area contributed by atoms with Gasteiger partial charge in [-0.05, 0) is 26.2 Å². The summed E-state index contributed by atoms with van der Waals surface area (Å²) in [5.41, 5.74) is 0. The molecule has 2 saturated heterocycles. The van der Waals surface area contributed by atoms with Gasteiger partial charge in [0.1, 0.15) is 0 Å². The molecule has 1 N–H and O–H groups in total. The lowest BCUT2D eigenvalue weighted by atomic mass is 10.1. The van der Waals surface area contributed by atoms with Crippen LogP contribution in [0.3, 0.4) is 0 Å². The van der Waals surface area contributed by atoms with Crippen LogP contribution in [0, 0.1) is 0 Å². The molecule has 0 aliphatic carbocycles. The number of amides is 1. The second kappa shape index (κ2) is 5.17. The molecule has 2 rings (SSSR count). The normalized spacial score (nSPS) is 36.0. The Kier molecular flexibility index (Phi) is 3.96. The van der Waals surface area contributed by atoms with Crippen molar-refractivity contribution >= 4 is 15.7 Å². The highest BCUT2D eigenvalue weighted by Crippen LogP contribution is 2.25. The number of hydrogen-bond acceptors (Lipinski definition) is 4. The van der Waals surface area contributed by atoms with E-state index in [9.17, 15) is 13.2 Å². The van der Waals surface area contributed by atoms with Crippen LogP contribution < -0.4 is 5.32 Å². The Hall–Kier alpha value is -0.620. The van der Waals surface area contributed by atoms with Crippen LogP contribution in [0.15, 0.2) is 0 Å². The highest BCUT2D eigenvalue weighted by molar-refractivity contribution is 7.91. The summed E-state index contributed by atoms with van der Waals surface area (Å²) in [4.78, 5) is 14.0. The van der Waals surface area contributed by atoms with Crippen molar-refractivity contribution < 1.29 is 13.2 Å². The molecule has 5 nitrogen and oxygen atoms in total. The first kappa shape index (κ1) is 13.8. The van der Waals surface area contributed by atoms with Crippen LogP contribution in [0.5, 0.6) is 0 Å². The van der Waals surface area contributed by atoms with Gasteiger partial charge in [-0.1, -0.05) is 13.3 Å². The zero-order valence-electron chi connectivity index (χ0n) is 11.1. The second-order valence-electron chi connectivity index (χ2n) is 5.35. The van der Waals surface area contributed by atoms with Gasteiger partial charge in [-0.15, -0.1) is 0 Å². The standard InChI is InChI=1S/C12H22N2O3S/c1-3-5-11-13-9(2)12(15)14(11)10-6-4-7-18(16,17)8-10/h9-11,13H,3-8H2,1-2H3. The molecular weight excluding hydrogens is 252 g/mol. The van der Waals surface area contributed by atoms with Crippen molar-refractivity contribution in [1.29, 1.82) is 0 Å². The van der Waals surface area contributed by atoms with E-state index >= 15 is 0 Å². The van der Waals surface area contributed by atoms with E-state index in [4.69, 9.17) is 0 Å². The van der Waals surface area contributed by atoms with Gasteiger partial charge in [-0.2, -0.15) is 0 Å². The fourth-order valence-electron chi connectivity index (χ4n) is 2.97. The minimum absolute atomic E-state index is 0.01000. The summed E-state index contributed by atoms with van der Waals surface area (Å²) in [5, 5.41) is 3.26. The first-order chi connectivity index (χ1) is 8.44. The largest absolute Gasteiger partial charge is 0.322 e. The summed E-state index contributed by atoms with van der Waals surface area (Å²) in [5.74, 6) is 0.455. The maximum absolute atomic E-state index is 12.2. The summed E-state index contributed by atoms with van der Waals surface area (Å²) in [6.45, 7) is 3.92. The Balaban J connectivity index is 2.16. The first-order valence-corrected chi connectivity index (χ1v) is 8.55. The number of sulfone groups is 1. The molecule has 0 aromatic carbocycles. The Morgan fingerprint density at radius 1 is 1.44 bits per heavy atom. The maximum Gasteiger partial charge on any atom is 0.241 e. The number of carbonyl (C=O) groups excluding carboxylic acids is 1. The van der Waals surface area contributed by atoms with E-state index in [1.807, 2.05) is 6.92 Å². The molecule has 0 saturated carbocycles. The van der Waals surface area contributed by atoms with Crippen molar-refractivity contribution in [2.24, 2.45) is 0 Å². The van der Waals surface area contributed by atoms with Crippen molar-refractivity contribution in [2.45, 2.75) is 57.8 Å². The van der Waals surface area contributed by atoms with E-state index in [-0.39, 0.29) is 35.7 Å². The van der Waals surface area contributed by atoms with Gasteiger partial charge in [0.05, 0.1) is 23.7 Å². The highest BCUT2D eigenvalue weighted by Gasteiger charge is 2.42. The first-order valence-electron chi connectivity index (χ1n) is 6.73. The fourth-order valence-corrected chi connectivity index (χ4v) is 4.65. The van der Waals surface area contributed by atoms with E-state index < -0.39 is 9.84 Å². The average molecular weight is 274 g/mol. The molecule has 3 unspecified atom stereocenters. The Morgan fingerprint density at radius 2 is 2.17 bits per heavy atom. The molecule has 2 fully saturated rings. The van der Waals surface area contributed by atoms with Gasteiger partial charge in [0, 0.05) is 6.04 Å². The molecule has 2 heterocycles. The predicted molar refractivity (Wildman–Crippen MR) is 69.8 cm³/mol. The third-order valence-corrected chi connectivity index (χ3v) is 5.60. The summed E-state index contributed by atoms with van der Waals surface area (Å²) >= 11 is 0. The molecular formula is C12H22N2O3S. The molecule has 0 spiro atoms. The topological polar surface area (TPSA) is 66.5 Å². The van der Waals surface area contributed by atoms with Crippen molar-refractivity contribution in [3.05, 3.63) is 0 Å². The minimum atomic E-state index is -2.97. The molecule has 0 aromatic rings. The van der Waals surface area contributed by atoms with E-state index in [1.54, 1.807) is 4.90 Å². The van der Waals surface area contributed by atoms with Crippen LogP contribution in [0.1, 0.15) is 39.5 Å². The molecule has 3 atom stereocenters. The van der Waals surface area contributed by atoms with E-state index in [1.165, 1.54) is 0 Å². The minimum Gasteiger partial charge on any atom is -0.322 e. The van der Waals surface area contributed by atoms with Crippen LogP contribution in [-0.2, 0) is 14.6 Å². The lowest BCUT2D eigenvalue weighted by Gasteiger charge is -2.34. The van der Waals surface area contributed by atoms with E-state index in [0.717, 1.165) is 19.3 Å². The second-order valence-corrected chi connectivity index (χ2v) is 7.58. The van der Waals surface area contributed by atoms with Gasteiger partial charge in [0.15, 0.2) is 9.84 Å². The third kappa shape index (κ3) is 2.69. The fraction of sp³-hybridized carbons (Fsp3) is 0.917. The number of nitrogens with zero attached hydrogens (tertiary/aromatic N) is 1. The number of nitrogens with one attached hydrogen (secondary N) is 1. The molecule has 1 amide bonds. The van der Waals surface area contributed by atoms with Crippen LogP contribution in [0.4, 0.5) is 0 Å². The van der Waals surface area contributed by atoms with E-state index in [2.05, 4.69) is 12.2 Å². The molecule has 0 bridgehead atoms. The number of hydrogen-bond donors (Lipinski definition) is 1. The van der Waals surface area contributed by atoms with Gasteiger partial charge in [-0.25, -0.2) is 8.42 Å². The molecule has 104 valence electrons. The molecule has 2 aliphatic heterocycles. The zero-order valence-corrected chi connectivity index (χ0v) is 11.9. The quantitative estimate of drug-likeness (QED) is 0.814. The van der Waals surface area contributed by atoms with Crippen LogP contribution in [0.2, 0.25) is 0 Å². The smallest absolute Gasteiger partial charge is 0.241 e. The third-order valence-electron chi connectivity index (χ3n) is 3.80. The molecule has 18 heavy (non-hydrogen) atoms. The van der Waals surface area contributed by atoms with Gasteiger partial charge >= 0.3 is 0 Å². The van der Waals surface area contributed by atoms with Crippen molar-refractivity contribution in [1.82, 2.24) is 10.2 Å². The lowest BCUT2D eigenvalue weighted by molar-refractivity contribution is -0.131. The summed E-state index contributed by atoms with van der Waals surface area (Å²) in [6.07, 6.45) is 3.35. The molecule has 0 aromatic heterocycles. The predicted octanol–water partition coefficient (Wildman–Crippen LogP) is 0.510. The Bertz CT molecular complexity index is 421. The maximum atomic E-state index is 12.2. The summed E-state index contributed by atoms with van der Waals surface area (Å²) in [6, 6.07) is -0.323. The van der Waals surface area contributed by atoms with Crippen molar-refractivity contribution in [2.75, 3.05) is 11.5 Å². The van der Waals surface area contributed by atoms with Crippen LogP contribution in [0.25, 0.3) is 0 Å². The van der Waals surface area contributed by atoms with Gasteiger partial charge in [-0.3, -0.25) is 10.1 Å². The molecule has 0 radical (unpaired) electrons. The average Bonchev–Trinajstić information content (AvgIpc) is 2.54. The highest BCUT2D eigenvalue weighted by atomic mass is 32.2. The van der Waals surface area contributed by atoms with Crippen LogP contribution in [-0.4, -0.2) is 49.0 Å². The van der Waals surface area contributed by atoms with E-state index in [0.29, 0.717) is 6.42 Å².